The molecule has 0 fully saturated rings. The third-order valence-electron chi connectivity index (χ3n) is 3.18. The Balaban J connectivity index is 1.70. The van der Waals surface area contributed by atoms with Gasteiger partial charge in [-0.2, -0.15) is 0 Å². The zero-order valence-corrected chi connectivity index (χ0v) is 11.9. The van der Waals surface area contributed by atoms with Gasteiger partial charge in [0.2, 0.25) is 0 Å². The number of halogens is 2. The van der Waals surface area contributed by atoms with Crippen LogP contribution in [0.1, 0.15) is 5.56 Å². The van der Waals surface area contributed by atoms with Crippen molar-refractivity contribution in [3.63, 3.8) is 0 Å². The van der Waals surface area contributed by atoms with E-state index in [0.29, 0.717) is 17.1 Å². The summed E-state index contributed by atoms with van der Waals surface area (Å²) in [5, 5.41) is 3.71. The van der Waals surface area contributed by atoms with Gasteiger partial charge in [-0.25, -0.2) is 9.37 Å². The van der Waals surface area contributed by atoms with E-state index in [4.69, 9.17) is 11.6 Å². The van der Waals surface area contributed by atoms with E-state index in [1.54, 1.807) is 24.7 Å². The van der Waals surface area contributed by atoms with Crippen molar-refractivity contribution in [1.82, 2.24) is 9.97 Å². The van der Waals surface area contributed by atoms with Crippen molar-refractivity contribution < 1.29 is 4.39 Å². The smallest absolute Gasteiger partial charge is 0.128 e. The summed E-state index contributed by atoms with van der Waals surface area (Å²) in [6, 6.07) is 12.4. The second-order valence-corrected chi connectivity index (χ2v) is 5.07. The Bertz CT molecular complexity index is 724. The molecule has 0 saturated carbocycles. The fourth-order valence-electron chi connectivity index (χ4n) is 2.06. The van der Waals surface area contributed by atoms with Gasteiger partial charge in [0.25, 0.3) is 0 Å². The maximum Gasteiger partial charge on any atom is 0.128 e. The first-order chi connectivity index (χ1) is 10.2. The van der Waals surface area contributed by atoms with E-state index in [2.05, 4.69) is 15.3 Å². The molecule has 3 rings (SSSR count). The van der Waals surface area contributed by atoms with Crippen LogP contribution in [0.3, 0.4) is 0 Å². The lowest BCUT2D eigenvalue weighted by Gasteiger charge is -2.08. The summed E-state index contributed by atoms with van der Waals surface area (Å²) in [6.07, 6.45) is 3.41. The molecule has 5 heteroatoms. The molecular weight excluding hydrogens is 289 g/mol. The highest BCUT2D eigenvalue weighted by atomic mass is 35.5. The highest BCUT2D eigenvalue weighted by molar-refractivity contribution is 6.30. The second kappa shape index (κ2) is 5.97. The van der Waals surface area contributed by atoms with Gasteiger partial charge in [0, 0.05) is 22.8 Å². The fourth-order valence-corrected chi connectivity index (χ4v) is 2.25. The monoisotopic (exact) mass is 301 g/mol. The van der Waals surface area contributed by atoms with E-state index in [0.717, 1.165) is 16.9 Å². The molecule has 21 heavy (non-hydrogen) atoms. The Morgan fingerprint density at radius 1 is 1.14 bits per heavy atom. The van der Waals surface area contributed by atoms with E-state index < -0.39 is 0 Å². The molecule has 0 saturated heterocycles. The van der Waals surface area contributed by atoms with E-state index in [1.165, 1.54) is 6.07 Å². The summed E-state index contributed by atoms with van der Waals surface area (Å²) in [7, 11) is 0. The SMILES string of the molecule is Fc1ccc(Cl)cc1CNc1ccc(-c2cnc[nH]2)cc1. The van der Waals surface area contributed by atoms with Gasteiger partial charge in [-0.05, 0) is 35.9 Å². The van der Waals surface area contributed by atoms with Crippen LogP contribution in [0, 0.1) is 5.82 Å². The van der Waals surface area contributed by atoms with Crippen LogP contribution >= 0.6 is 11.6 Å². The molecule has 0 bridgehead atoms. The number of aromatic amines is 1. The molecule has 1 aromatic heterocycles. The molecule has 2 N–H and O–H groups in total. The number of hydrogen-bond acceptors (Lipinski definition) is 2. The Hall–Kier alpha value is -2.33. The molecule has 0 unspecified atom stereocenters. The van der Waals surface area contributed by atoms with Crippen molar-refractivity contribution in [2.24, 2.45) is 0 Å². The van der Waals surface area contributed by atoms with Crippen LogP contribution in [0.2, 0.25) is 5.02 Å². The molecule has 3 aromatic rings. The third kappa shape index (κ3) is 3.23. The van der Waals surface area contributed by atoms with Gasteiger partial charge in [-0.1, -0.05) is 23.7 Å². The van der Waals surface area contributed by atoms with Crippen LogP contribution in [0.5, 0.6) is 0 Å². The van der Waals surface area contributed by atoms with E-state index in [-0.39, 0.29) is 5.82 Å². The van der Waals surface area contributed by atoms with Gasteiger partial charge in [-0.15, -0.1) is 0 Å². The first-order valence-corrected chi connectivity index (χ1v) is 6.87. The molecule has 3 nitrogen and oxygen atoms in total. The molecule has 0 aliphatic heterocycles. The van der Waals surface area contributed by atoms with Gasteiger partial charge in [0.15, 0.2) is 0 Å². The number of aromatic nitrogens is 2. The zero-order chi connectivity index (χ0) is 14.7. The molecule has 106 valence electrons. The van der Waals surface area contributed by atoms with Crippen molar-refractivity contribution in [2.75, 3.05) is 5.32 Å². The van der Waals surface area contributed by atoms with Crippen LogP contribution in [0.25, 0.3) is 11.3 Å². The molecule has 0 atom stereocenters. The van der Waals surface area contributed by atoms with Crippen LogP contribution in [-0.2, 0) is 6.54 Å². The van der Waals surface area contributed by atoms with E-state index in [9.17, 15) is 4.39 Å². The van der Waals surface area contributed by atoms with Crippen LogP contribution < -0.4 is 5.32 Å². The predicted octanol–water partition coefficient (Wildman–Crippen LogP) is 4.48. The maximum atomic E-state index is 13.6. The van der Waals surface area contributed by atoms with E-state index >= 15 is 0 Å². The average molecular weight is 302 g/mol. The number of imidazole rings is 1. The number of rotatable bonds is 4. The van der Waals surface area contributed by atoms with Gasteiger partial charge >= 0.3 is 0 Å². The van der Waals surface area contributed by atoms with Gasteiger partial charge in [0.1, 0.15) is 5.82 Å². The Morgan fingerprint density at radius 3 is 2.67 bits per heavy atom. The third-order valence-corrected chi connectivity index (χ3v) is 3.42. The molecule has 0 aliphatic rings. The molecule has 0 spiro atoms. The fraction of sp³-hybridized carbons (Fsp3) is 0.0625. The van der Waals surface area contributed by atoms with Gasteiger partial charge in [-0.3, -0.25) is 0 Å². The number of hydrogen-bond donors (Lipinski definition) is 2. The summed E-state index contributed by atoms with van der Waals surface area (Å²) in [5.41, 5.74) is 3.47. The molecule has 0 amide bonds. The lowest BCUT2D eigenvalue weighted by molar-refractivity contribution is 0.613. The highest BCUT2D eigenvalue weighted by Crippen LogP contribution is 2.20. The van der Waals surface area contributed by atoms with Crippen LogP contribution in [0.15, 0.2) is 55.0 Å². The number of nitrogens with one attached hydrogen (secondary N) is 2. The number of H-pyrrole nitrogens is 1. The minimum absolute atomic E-state index is 0.263. The number of nitrogens with zero attached hydrogens (tertiary/aromatic N) is 1. The van der Waals surface area contributed by atoms with Crippen molar-refractivity contribution in [1.29, 1.82) is 0 Å². The Labute approximate surface area is 126 Å². The Kier molecular flexibility index (Phi) is 3.88. The molecule has 2 aromatic carbocycles. The Morgan fingerprint density at radius 2 is 1.95 bits per heavy atom. The van der Waals surface area contributed by atoms with Crippen molar-refractivity contribution in [3.8, 4) is 11.3 Å². The lowest BCUT2D eigenvalue weighted by Crippen LogP contribution is -2.01. The molecule has 0 aliphatic carbocycles. The first-order valence-electron chi connectivity index (χ1n) is 6.49. The molecular formula is C16H13ClFN3. The van der Waals surface area contributed by atoms with E-state index in [1.807, 2.05) is 24.3 Å². The zero-order valence-electron chi connectivity index (χ0n) is 11.1. The topological polar surface area (TPSA) is 40.7 Å². The summed E-state index contributed by atoms with van der Waals surface area (Å²) in [4.78, 5) is 7.04. The summed E-state index contributed by atoms with van der Waals surface area (Å²) >= 11 is 5.87. The molecule has 1 heterocycles. The van der Waals surface area contributed by atoms with Crippen molar-refractivity contribution in [3.05, 3.63) is 71.4 Å². The summed E-state index contributed by atoms with van der Waals surface area (Å²) in [6.45, 7) is 0.385. The molecule has 0 radical (unpaired) electrons. The summed E-state index contributed by atoms with van der Waals surface area (Å²) in [5.74, 6) is -0.263. The second-order valence-electron chi connectivity index (χ2n) is 4.63. The minimum atomic E-state index is -0.263. The average Bonchev–Trinajstić information content (AvgIpc) is 3.03. The maximum absolute atomic E-state index is 13.6. The quantitative estimate of drug-likeness (QED) is 0.746. The highest BCUT2D eigenvalue weighted by Gasteiger charge is 2.03. The minimum Gasteiger partial charge on any atom is -0.381 e. The lowest BCUT2D eigenvalue weighted by atomic mass is 10.1. The first kappa shape index (κ1) is 13.6. The van der Waals surface area contributed by atoms with Crippen LogP contribution in [-0.4, -0.2) is 9.97 Å². The number of anilines is 1. The van der Waals surface area contributed by atoms with Gasteiger partial charge in [0.05, 0.1) is 18.2 Å². The number of benzene rings is 2. The summed E-state index contributed by atoms with van der Waals surface area (Å²) < 4.78 is 13.6. The normalized spacial score (nSPS) is 10.6. The van der Waals surface area contributed by atoms with Crippen LogP contribution in [0.4, 0.5) is 10.1 Å². The standard InChI is InChI=1S/C16H13ClFN3/c17-13-3-6-15(18)12(7-13)8-20-14-4-1-11(2-5-14)16-9-19-10-21-16/h1-7,9-10,20H,8H2,(H,19,21). The van der Waals surface area contributed by atoms with Gasteiger partial charge < -0.3 is 10.3 Å². The largest absolute Gasteiger partial charge is 0.381 e. The predicted molar refractivity (Wildman–Crippen MR) is 82.8 cm³/mol. The van der Waals surface area contributed by atoms with Crippen molar-refractivity contribution >= 4 is 17.3 Å². The van der Waals surface area contributed by atoms with Crippen molar-refractivity contribution in [2.45, 2.75) is 6.54 Å².